The molecule has 0 spiro atoms. The number of benzene rings is 1. The minimum atomic E-state index is -2.94. The van der Waals surface area contributed by atoms with E-state index in [1.807, 2.05) is 12.1 Å². The second kappa shape index (κ2) is 6.99. The molecule has 1 heterocycles. The molecule has 0 radical (unpaired) electrons. The number of nitrogens with one attached hydrogen (secondary N) is 1. The summed E-state index contributed by atoms with van der Waals surface area (Å²) in [4.78, 5) is 12.3. The molecule has 1 aromatic heterocycles. The Kier molecular flexibility index (Phi) is 5.28. The van der Waals surface area contributed by atoms with E-state index in [9.17, 15) is 18.5 Å². The number of hydrogen-bond acceptors (Lipinski definition) is 6. The van der Waals surface area contributed by atoms with Gasteiger partial charge >= 0.3 is 0 Å². The van der Waals surface area contributed by atoms with Crippen LogP contribution in [-0.4, -0.2) is 31.9 Å². The summed E-state index contributed by atoms with van der Waals surface area (Å²) in [6, 6.07) is 10.3. The second-order valence-corrected chi connectivity index (χ2v) is 8.30. The van der Waals surface area contributed by atoms with Gasteiger partial charge in [-0.25, -0.2) is 8.42 Å². The lowest BCUT2D eigenvalue weighted by Gasteiger charge is -2.01. The van der Waals surface area contributed by atoms with Gasteiger partial charge in [-0.05, 0) is 29.8 Å². The van der Waals surface area contributed by atoms with Crippen LogP contribution in [0.4, 0.5) is 5.69 Å². The van der Waals surface area contributed by atoms with Crippen LogP contribution in [0, 0.1) is 10.1 Å². The van der Waals surface area contributed by atoms with Crippen molar-refractivity contribution in [2.75, 3.05) is 18.6 Å². The van der Waals surface area contributed by atoms with Gasteiger partial charge in [0.2, 0.25) is 0 Å². The molecule has 0 saturated carbocycles. The molecule has 2 aromatic rings. The van der Waals surface area contributed by atoms with Crippen LogP contribution in [0.1, 0.15) is 4.88 Å². The Hall–Kier alpha value is -1.77. The van der Waals surface area contributed by atoms with Crippen LogP contribution < -0.4 is 5.32 Å². The molecule has 2 rings (SSSR count). The lowest BCUT2D eigenvalue weighted by atomic mass is 10.2. The van der Waals surface area contributed by atoms with Gasteiger partial charge in [-0.15, -0.1) is 11.3 Å². The third kappa shape index (κ3) is 4.90. The van der Waals surface area contributed by atoms with Crippen molar-refractivity contribution in [2.24, 2.45) is 0 Å². The van der Waals surface area contributed by atoms with Gasteiger partial charge in [-0.3, -0.25) is 10.1 Å². The topological polar surface area (TPSA) is 89.3 Å². The van der Waals surface area contributed by atoms with E-state index >= 15 is 0 Å². The summed E-state index contributed by atoms with van der Waals surface area (Å²) in [6.45, 7) is 1.02. The maximum absolute atomic E-state index is 11.0. The van der Waals surface area contributed by atoms with Gasteiger partial charge in [0.15, 0.2) is 0 Å². The van der Waals surface area contributed by atoms with E-state index in [1.54, 1.807) is 23.5 Å². The van der Waals surface area contributed by atoms with Gasteiger partial charge in [0.05, 0.1) is 10.7 Å². The minimum absolute atomic E-state index is 0.0722. The molecule has 0 bridgehead atoms. The van der Waals surface area contributed by atoms with Crippen molar-refractivity contribution in [3.05, 3.63) is 51.4 Å². The van der Waals surface area contributed by atoms with Crippen molar-refractivity contribution < 1.29 is 13.3 Å². The molecule has 0 fully saturated rings. The van der Waals surface area contributed by atoms with Crippen molar-refractivity contribution in [1.29, 1.82) is 0 Å². The summed E-state index contributed by atoms with van der Waals surface area (Å²) in [5.41, 5.74) is 1.00. The molecule has 22 heavy (non-hydrogen) atoms. The van der Waals surface area contributed by atoms with Gasteiger partial charge in [-0.1, -0.05) is 0 Å². The number of non-ortho nitro benzene ring substituents is 1. The Bertz CT molecular complexity index is 751. The standard InChI is InChI=1S/C14H16N2O4S2/c1-22(19,20)9-8-15-10-13-6-7-14(21-13)11-2-4-12(5-3-11)16(17)18/h2-7,15H,8-10H2,1H3. The van der Waals surface area contributed by atoms with E-state index in [0.717, 1.165) is 15.3 Å². The first-order valence-corrected chi connectivity index (χ1v) is 9.45. The van der Waals surface area contributed by atoms with Crippen LogP contribution in [-0.2, 0) is 16.4 Å². The number of nitrogens with zero attached hydrogens (tertiary/aromatic N) is 1. The Morgan fingerprint density at radius 2 is 1.86 bits per heavy atom. The molecular formula is C14H16N2O4S2. The molecule has 0 atom stereocenters. The highest BCUT2D eigenvalue weighted by Crippen LogP contribution is 2.29. The fourth-order valence-corrected chi connectivity index (χ4v) is 3.34. The molecule has 0 aliphatic heterocycles. The normalized spacial score (nSPS) is 11.5. The van der Waals surface area contributed by atoms with Crippen LogP contribution in [0.3, 0.4) is 0 Å². The first-order valence-electron chi connectivity index (χ1n) is 6.57. The van der Waals surface area contributed by atoms with E-state index in [4.69, 9.17) is 0 Å². The number of nitro benzene ring substituents is 1. The maximum Gasteiger partial charge on any atom is 0.269 e. The van der Waals surface area contributed by atoms with Crippen molar-refractivity contribution in [3.63, 3.8) is 0 Å². The van der Waals surface area contributed by atoms with Crippen LogP contribution in [0.15, 0.2) is 36.4 Å². The highest BCUT2D eigenvalue weighted by Gasteiger charge is 2.07. The van der Waals surface area contributed by atoms with Gasteiger partial charge < -0.3 is 5.32 Å². The molecule has 8 heteroatoms. The minimum Gasteiger partial charge on any atom is -0.311 e. The van der Waals surface area contributed by atoms with Gasteiger partial charge in [-0.2, -0.15) is 0 Å². The molecular weight excluding hydrogens is 324 g/mol. The summed E-state index contributed by atoms with van der Waals surface area (Å²) in [6.07, 6.45) is 1.21. The third-order valence-electron chi connectivity index (χ3n) is 2.97. The van der Waals surface area contributed by atoms with Crippen LogP contribution in [0.2, 0.25) is 0 Å². The summed E-state index contributed by atoms with van der Waals surface area (Å²) in [5.74, 6) is 0.119. The number of sulfone groups is 1. The number of thiophene rings is 1. The maximum atomic E-state index is 11.0. The molecule has 1 aromatic carbocycles. The third-order valence-corrected chi connectivity index (χ3v) is 5.05. The Labute approximate surface area is 132 Å². The monoisotopic (exact) mass is 340 g/mol. The molecule has 0 unspecified atom stereocenters. The second-order valence-electron chi connectivity index (χ2n) is 4.88. The fourth-order valence-electron chi connectivity index (χ4n) is 1.84. The molecule has 0 aliphatic rings. The Balaban J connectivity index is 1.95. The van der Waals surface area contributed by atoms with Crippen molar-refractivity contribution in [2.45, 2.75) is 6.54 Å². The van der Waals surface area contributed by atoms with Gasteiger partial charge in [0.25, 0.3) is 5.69 Å². The molecule has 118 valence electrons. The van der Waals surface area contributed by atoms with Gasteiger partial charge in [0, 0.05) is 41.2 Å². The quantitative estimate of drug-likeness (QED) is 0.475. The highest BCUT2D eigenvalue weighted by molar-refractivity contribution is 7.90. The first kappa shape index (κ1) is 16.6. The summed E-state index contributed by atoms with van der Waals surface area (Å²) < 4.78 is 22.0. The van der Waals surface area contributed by atoms with E-state index in [1.165, 1.54) is 18.4 Å². The molecule has 6 nitrogen and oxygen atoms in total. The zero-order valence-electron chi connectivity index (χ0n) is 12.0. The number of hydrogen-bond donors (Lipinski definition) is 1. The molecule has 1 N–H and O–H groups in total. The summed E-state index contributed by atoms with van der Waals surface area (Å²) >= 11 is 1.58. The Morgan fingerprint density at radius 3 is 2.45 bits per heavy atom. The number of nitro groups is 1. The van der Waals surface area contributed by atoms with E-state index < -0.39 is 14.8 Å². The SMILES string of the molecule is CS(=O)(=O)CCNCc1ccc(-c2ccc([N+](=O)[O-])cc2)s1. The largest absolute Gasteiger partial charge is 0.311 e. The summed E-state index contributed by atoms with van der Waals surface area (Å²) in [7, 11) is -2.94. The Morgan fingerprint density at radius 1 is 1.18 bits per heavy atom. The smallest absolute Gasteiger partial charge is 0.269 e. The lowest BCUT2D eigenvalue weighted by Crippen LogP contribution is -2.21. The van der Waals surface area contributed by atoms with Crippen LogP contribution >= 0.6 is 11.3 Å². The first-order chi connectivity index (χ1) is 10.3. The van der Waals surface area contributed by atoms with Crippen LogP contribution in [0.25, 0.3) is 10.4 Å². The molecule has 0 aliphatic carbocycles. The van der Waals surface area contributed by atoms with E-state index in [2.05, 4.69) is 5.32 Å². The fraction of sp³-hybridized carbons (Fsp3) is 0.286. The predicted molar refractivity (Wildman–Crippen MR) is 87.8 cm³/mol. The zero-order valence-corrected chi connectivity index (χ0v) is 13.6. The van der Waals surface area contributed by atoms with Crippen molar-refractivity contribution in [3.8, 4) is 10.4 Å². The molecule has 0 amide bonds. The number of rotatable bonds is 7. The van der Waals surface area contributed by atoms with Crippen molar-refractivity contribution >= 4 is 26.9 Å². The lowest BCUT2D eigenvalue weighted by molar-refractivity contribution is -0.384. The predicted octanol–water partition coefficient (Wildman–Crippen LogP) is 2.46. The van der Waals surface area contributed by atoms with Crippen molar-refractivity contribution in [1.82, 2.24) is 5.32 Å². The van der Waals surface area contributed by atoms with E-state index in [-0.39, 0.29) is 11.4 Å². The van der Waals surface area contributed by atoms with Gasteiger partial charge in [0.1, 0.15) is 9.84 Å². The zero-order chi connectivity index (χ0) is 16.2. The average molecular weight is 340 g/mol. The molecule has 0 saturated heterocycles. The average Bonchev–Trinajstić information content (AvgIpc) is 2.91. The van der Waals surface area contributed by atoms with Crippen LogP contribution in [0.5, 0.6) is 0 Å². The van der Waals surface area contributed by atoms with E-state index in [0.29, 0.717) is 13.1 Å². The summed E-state index contributed by atoms with van der Waals surface area (Å²) in [5, 5.41) is 13.7. The highest BCUT2D eigenvalue weighted by atomic mass is 32.2.